The number of nitrogens with zero attached hydrogens (tertiary/aromatic N) is 4. The van der Waals surface area contributed by atoms with Gasteiger partial charge in [-0.05, 0) is 12.1 Å². The van der Waals surface area contributed by atoms with Crippen LogP contribution in [0.3, 0.4) is 0 Å². The van der Waals surface area contributed by atoms with Crippen molar-refractivity contribution in [1.82, 2.24) is 15.0 Å². The molecule has 1 aromatic carbocycles. The van der Waals surface area contributed by atoms with E-state index in [2.05, 4.69) is 20.3 Å². The Bertz CT molecular complexity index is 660. The van der Waals surface area contributed by atoms with Crippen LogP contribution in [0.2, 0.25) is 0 Å². The number of benzene rings is 1. The molecular formula is C13H15N5O3. The average Bonchev–Trinajstić information content (AvgIpc) is 2.46. The standard InChI is InChI=1S/C13H15N5O3/c1-18(2)11-15-10(16-12(17-11)21-3)8-6-4-5-7-9(8)14-13(19)20/h4-7,14H,1-3H3,(H,19,20). The van der Waals surface area contributed by atoms with E-state index in [1.54, 1.807) is 43.3 Å². The first-order valence-electron chi connectivity index (χ1n) is 6.08. The number of ether oxygens (including phenoxy) is 1. The molecule has 1 aromatic heterocycles. The van der Waals surface area contributed by atoms with Gasteiger partial charge in [0.05, 0.1) is 12.8 Å². The van der Waals surface area contributed by atoms with Crippen molar-refractivity contribution in [3.05, 3.63) is 24.3 Å². The zero-order chi connectivity index (χ0) is 15.4. The fourth-order valence-electron chi connectivity index (χ4n) is 1.66. The summed E-state index contributed by atoms with van der Waals surface area (Å²) in [5.41, 5.74) is 0.937. The van der Waals surface area contributed by atoms with Crippen LogP contribution in [0.5, 0.6) is 6.01 Å². The molecule has 0 saturated heterocycles. The van der Waals surface area contributed by atoms with Crippen LogP contribution in [0.1, 0.15) is 0 Å². The Hall–Kier alpha value is -2.90. The molecule has 0 aliphatic heterocycles. The summed E-state index contributed by atoms with van der Waals surface area (Å²) < 4.78 is 5.06. The second-order valence-electron chi connectivity index (χ2n) is 4.32. The van der Waals surface area contributed by atoms with Crippen molar-refractivity contribution in [3.8, 4) is 17.4 Å². The second-order valence-corrected chi connectivity index (χ2v) is 4.32. The lowest BCUT2D eigenvalue weighted by Crippen LogP contribution is -2.15. The van der Waals surface area contributed by atoms with Gasteiger partial charge < -0.3 is 14.7 Å². The monoisotopic (exact) mass is 289 g/mol. The Morgan fingerprint density at radius 3 is 2.57 bits per heavy atom. The molecule has 0 aliphatic rings. The number of rotatable bonds is 4. The molecule has 0 fully saturated rings. The van der Waals surface area contributed by atoms with Gasteiger partial charge >= 0.3 is 12.1 Å². The van der Waals surface area contributed by atoms with E-state index >= 15 is 0 Å². The molecule has 2 rings (SSSR count). The minimum atomic E-state index is -1.16. The SMILES string of the molecule is COc1nc(-c2ccccc2NC(=O)O)nc(N(C)C)n1. The molecule has 0 spiro atoms. The van der Waals surface area contributed by atoms with Gasteiger partial charge in [0.25, 0.3) is 0 Å². The molecule has 1 amide bonds. The Balaban J connectivity index is 2.55. The van der Waals surface area contributed by atoms with Crippen LogP contribution < -0.4 is 15.0 Å². The molecule has 110 valence electrons. The number of hydrogen-bond donors (Lipinski definition) is 2. The molecule has 0 radical (unpaired) electrons. The molecule has 0 saturated carbocycles. The lowest BCUT2D eigenvalue weighted by atomic mass is 10.1. The molecule has 2 aromatic rings. The van der Waals surface area contributed by atoms with Crippen molar-refractivity contribution in [1.29, 1.82) is 0 Å². The number of methoxy groups -OCH3 is 1. The van der Waals surface area contributed by atoms with E-state index in [0.29, 0.717) is 23.0 Å². The number of para-hydroxylation sites is 1. The predicted octanol–water partition coefficient (Wildman–Crippen LogP) is 1.70. The van der Waals surface area contributed by atoms with Gasteiger partial charge in [-0.3, -0.25) is 5.32 Å². The van der Waals surface area contributed by atoms with E-state index in [9.17, 15) is 4.79 Å². The minimum Gasteiger partial charge on any atom is -0.467 e. The Kier molecular flexibility index (Phi) is 4.17. The van der Waals surface area contributed by atoms with E-state index in [1.165, 1.54) is 7.11 Å². The summed E-state index contributed by atoms with van der Waals surface area (Å²) in [5.74, 6) is 0.747. The smallest absolute Gasteiger partial charge is 0.409 e. The summed E-state index contributed by atoms with van der Waals surface area (Å²) in [6, 6.07) is 7.01. The highest BCUT2D eigenvalue weighted by molar-refractivity contribution is 5.89. The third kappa shape index (κ3) is 3.35. The van der Waals surface area contributed by atoms with Gasteiger partial charge in [0.2, 0.25) is 5.95 Å². The lowest BCUT2D eigenvalue weighted by Gasteiger charge is -2.13. The van der Waals surface area contributed by atoms with Crippen LogP contribution >= 0.6 is 0 Å². The van der Waals surface area contributed by atoms with Crippen LogP contribution in [0.25, 0.3) is 11.4 Å². The highest BCUT2D eigenvalue weighted by Gasteiger charge is 2.14. The zero-order valence-corrected chi connectivity index (χ0v) is 11.9. The molecule has 21 heavy (non-hydrogen) atoms. The molecule has 8 heteroatoms. The molecular weight excluding hydrogens is 274 g/mol. The van der Waals surface area contributed by atoms with E-state index in [0.717, 1.165) is 0 Å². The maximum atomic E-state index is 10.9. The molecule has 0 aliphatic carbocycles. The zero-order valence-electron chi connectivity index (χ0n) is 11.9. The van der Waals surface area contributed by atoms with Gasteiger partial charge in [-0.25, -0.2) is 4.79 Å². The number of aromatic nitrogens is 3. The first kappa shape index (κ1) is 14.5. The van der Waals surface area contributed by atoms with Crippen molar-refractivity contribution in [2.24, 2.45) is 0 Å². The van der Waals surface area contributed by atoms with Crippen molar-refractivity contribution in [2.75, 3.05) is 31.4 Å². The predicted molar refractivity (Wildman–Crippen MR) is 77.8 cm³/mol. The summed E-state index contributed by atoms with van der Waals surface area (Å²) in [5, 5.41) is 11.2. The molecule has 2 N–H and O–H groups in total. The lowest BCUT2D eigenvalue weighted by molar-refractivity contribution is 0.210. The quantitative estimate of drug-likeness (QED) is 0.883. The Morgan fingerprint density at radius 2 is 1.95 bits per heavy atom. The second kappa shape index (κ2) is 6.04. The van der Waals surface area contributed by atoms with Gasteiger partial charge in [-0.15, -0.1) is 0 Å². The highest BCUT2D eigenvalue weighted by atomic mass is 16.5. The maximum absolute atomic E-state index is 10.9. The summed E-state index contributed by atoms with van der Waals surface area (Å²) in [6.07, 6.45) is -1.16. The summed E-state index contributed by atoms with van der Waals surface area (Å²) in [4.78, 5) is 25.2. The molecule has 0 bridgehead atoms. The topological polar surface area (TPSA) is 100 Å². The van der Waals surface area contributed by atoms with Crippen molar-refractivity contribution >= 4 is 17.7 Å². The van der Waals surface area contributed by atoms with Crippen molar-refractivity contribution in [2.45, 2.75) is 0 Å². The third-order valence-corrected chi connectivity index (χ3v) is 2.60. The van der Waals surface area contributed by atoms with E-state index in [1.807, 2.05) is 0 Å². The van der Waals surface area contributed by atoms with Gasteiger partial charge in [-0.2, -0.15) is 15.0 Å². The van der Waals surface area contributed by atoms with Gasteiger partial charge in [0, 0.05) is 19.7 Å². The van der Waals surface area contributed by atoms with Crippen LogP contribution in [0, 0.1) is 0 Å². The number of hydrogen-bond acceptors (Lipinski definition) is 6. The van der Waals surface area contributed by atoms with E-state index < -0.39 is 6.09 Å². The van der Waals surface area contributed by atoms with E-state index in [-0.39, 0.29) is 6.01 Å². The fourth-order valence-corrected chi connectivity index (χ4v) is 1.66. The van der Waals surface area contributed by atoms with Crippen molar-refractivity contribution in [3.63, 3.8) is 0 Å². The normalized spacial score (nSPS) is 10.0. The Morgan fingerprint density at radius 1 is 1.24 bits per heavy atom. The van der Waals surface area contributed by atoms with Gasteiger partial charge in [-0.1, -0.05) is 12.1 Å². The fraction of sp³-hybridized carbons (Fsp3) is 0.231. The number of carboxylic acid groups (broad SMARTS) is 1. The minimum absolute atomic E-state index is 0.161. The molecule has 0 unspecified atom stereocenters. The first-order chi connectivity index (χ1) is 10.0. The number of anilines is 2. The number of carbonyl (C=O) groups is 1. The summed E-state index contributed by atoms with van der Waals surface area (Å²) in [6.45, 7) is 0. The van der Waals surface area contributed by atoms with Crippen LogP contribution in [0.15, 0.2) is 24.3 Å². The summed E-state index contributed by atoms with van der Waals surface area (Å²) in [7, 11) is 5.04. The summed E-state index contributed by atoms with van der Waals surface area (Å²) >= 11 is 0. The molecule has 0 atom stereocenters. The Labute approximate surface area is 121 Å². The van der Waals surface area contributed by atoms with E-state index in [4.69, 9.17) is 9.84 Å². The molecule has 8 nitrogen and oxygen atoms in total. The third-order valence-electron chi connectivity index (χ3n) is 2.60. The highest BCUT2D eigenvalue weighted by Crippen LogP contribution is 2.27. The maximum Gasteiger partial charge on any atom is 0.409 e. The average molecular weight is 289 g/mol. The van der Waals surface area contributed by atoms with Crippen LogP contribution in [0.4, 0.5) is 16.4 Å². The van der Waals surface area contributed by atoms with Gasteiger partial charge in [0.1, 0.15) is 0 Å². The van der Waals surface area contributed by atoms with Crippen LogP contribution in [-0.2, 0) is 0 Å². The first-order valence-corrected chi connectivity index (χ1v) is 6.08. The largest absolute Gasteiger partial charge is 0.467 e. The van der Waals surface area contributed by atoms with Crippen molar-refractivity contribution < 1.29 is 14.6 Å². The number of amides is 1. The van der Waals surface area contributed by atoms with Gasteiger partial charge in [0.15, 0.2) is 5.82 Å². The number of nitrogens with one attached hydrogen (secondary N) is 1. The van der Waals surface area contributed by atoms with Crippen LogP contribution in [-0.4, -0.2) is 47.4 Å². The molecule has 1 heterocycles.